The Hall–Kier alpha value is -1.06. The van der Waals surface area contributed by atoms with E-state index in [4.69, 9.17) is 11.6 Å². The summed E-state index contributed by atoms with van der Waals surface area (Å²) in [4.78, 5) is 4.25. The molecule has 0 saturated carbocycles. The number of rotatable bonds is 4. The lowest BCUT2D eigenvalue weighted by Gasteiger charge is -2.07. The molecule has 0 bridgehead atoms. The van der Waals surface area contributed by atoms with E-state index in [1.54, 1.807) is 6.20 Å². The third kappa shape index (κ3) is 3.45. The molecule has 0 atom stereocenters. The molecule has 0 aliphatic carbocycles. The molecule has 88 valence electrons. The Kier molecular flexibility index (Phi) is 4.40. The van der Waals surface area contributed by atoms with Crippen LogP contribution in [0.2, 0.25) is 0 Å². The van der Waals surface area contributed by atoms with E-state index in [9.17, 15) is 0 Å². The minimum atomic E-state index is 0.651. The van der Waals surface area contributed by atoms with Crippen LogP contribution in [0.25, 0.3) is 0 Å². The summed E-state index contributed by atoms with van der Waals surface area (Å²) in [5, 5.41) is 3.25. The van der Waals surface area contributed by atoms with E-state index in [-0.39, 0.29) is 0 Å². The lowest BCUT2D eigenvalue weighted by atomic mass is 10.1. The highest BCUT2D eigenvalue weighted by Crippen LogP contribution is 2.23. The topological polar surface area (TPSA) is 24.9 Å². The minimum absolute atomic E-state index is 0.651. The highest BCUT2D eigenvalue weighted by atomic mass is 79.9. The molecule has 0 aliphatic rings. The summed E-state index contributed by atoms with van der Waals surface area (Å²) in [5.74, 6) is 1.47. The van der Waals surface area contributed by atoms with Crippen molar-refractivity contribution in [3.05, 3.63) is 52.6 Å². The van der Waals surface area contributed by atoms with E-state index in [0.717, 1.165) is 22.4 Å². The zero-order chi connectivity index (χ0) is 12.1. The Balaban J connectivity index is 2.11. The highest BCUT2D eigenvalue weighted by Gasteiger charge is 2.00. The maximum absolute atomic E-state index is 5.69. The number of halogens is 2. The Morgan fingerprint density at radius 2 is 1.94 bits per heavy atom. The zero-order valence-corrected chi connectivity index (χ0v) is 11.5. The predicted octanol–water partition coefficient (Wildman–Crippen LogP) is 4.37. The largest absolute Gasteiger partial charge is 0.339 e. The molecule has 2 rings (SSSR count). The van der Waals surface area contributed by atoms with Gasteiger partial charge in [0.1, 0.15) is 5.82 Å². The Morgan fingerprint density at radius 1 is 1.18 bits per heavy atom. The number of nitrogens with one attached hydrogen (secondary N) is 1. The minimum Gasteiger partial charge on any atom is -0.339 e. The third-order valence-corrected chi connectivity index (χ3v) is 3.19. The molecule has 1 heterocycles. The number of nitrogens with zero attached hydrogens (tertiary/aromatic N) is 1. The lowest BCUT2D eigenvalue weighted by molar-refractivity contribution is 1.15. The Labute approximate surface area is 114 Å². The summed E-state index contributed by atoms with van der Waals surface area (Å²) in [5.41, 5.74) is 2.26. The Bertz CT molecular complexity index is 485. The maximum atomic E-state index is 5.69. The summed E-state index contributed by atoms with van der Waals surface area (Å²) >= 11 is 9.15. The number of anilines is 2. The number of hydrogen-bond acceptors (Lipinski definition) is 2. The lowest BCUT2D eigenvalue weighted by Crippen LogP contribution is -1.94. The van der Waals surface area contributed by atoms with Gasteiger partial charge < -0.3 is 5.32 Å². The van der Waals surface area contributed by atoms with Crippen molar-refractivity contribution in [2.24, 2.45) is 0 Å². The van der Waals surface area contributed by atoms with Crippen LogP contribution in [0, 0.1) is 0 Å². The summed E-state index contributed by atoms with van der Waals surface area (Å²) in [6.45, 7) is 0. The fourth-order valence-corrected chi connectivity index (χ4v) is 2.05. The third-order valence-electron chi connectivity index (χ3n) is 2.36. The number of aromatic nitrogens is 1. The van der Waals surface area contributed by atoms with Gasteiger partial charge in [-0.15, -0.1) is 11.6 Å². The van der Waals surface area contributed by atoms with Crippen LogP contribution in [-0.4, -0.2) is 10.9 Å². The summed E-state index contributed by atoms with van der Waals surface area (Å²) < 4.78 is 0.949. The monoisotopic (exact) mass is 310 g/mol. The summed E-state index contributed by atoms with van der Waals surface area (Å²) in [6, 6.07) is 12.0. The standard InChI is InChI=1S/C13H12BrClN2/c14-12-2-1-9-16-13(12)17-11-5-3-10(4-6-11)7-8-15/h1-6,9H,7-8H2,(H,16,17). The molecule has 4 heteroatoms. The van der Waals surface area contributed by atoms with Crippen molar-refractivity contribution in [1.82, 2.24) is 4.98 Å². The average molecular weight is 312 g/mol. The number of benzene rings is 1. The molecule has 2 nitrogen and oxygen atoms in total. The molecule has 0 aliphatic heterocycles. The van der Waals surface area contributed by atoms with Gasteiger partial charge in [-0.2, -0.15) is 0 Å². The second-order valence-electron chi connectivity index (χ2n) is 3.59. The Morgan fingerprint density at radius 3 is 2.59 bits per heavy atom. The number of pyridine rings is 1. The molecule has 0 unspecified atom stereocenters. The molecule has 1 aromatic heterocycles. The summed E-state index contributed by atoms with van der Waals surface area (Å²) in [7, 11) is 0. The second-order valence-corrected chi connectivity index (χ2v) is 4.83. The van der Waals surface area contributed by atoms with Crippen molar-refractivity contribution < 1.29 is 0 Å². The maximum Gasteiger partial charge on any atom is 0.144 e. The molecule has 2 aromatic rings. The normalized spacial score (nSPS) is 10.2. The number of hydrogen-bond donors (Lipinski definition) is 1. The van der Waals surface area contributed by atoms with E-state index in [1.165, 1.54) is 5.56 Å². The van der Waals surface area contributed by atoms with Crippen LogP contribution in [0.15, 0.2) is 47.1 Å². The van der Waals surface area contributed by atoms with Gasteiger partial charge in [0, 0.05) is 17.8 Å². The van der Waals surface area contributed by atoms with Gasteiger partial charge in [0.2, 0.25) is 0 Å². The van der Waals surface area contributed by atoms with Crippen molar-refractivity contribution in [1.29, 1.82) is 0 Å². The van der Waals surface area contributed by atoms with E-state index in [0.29, 0.717) is 5.88 Å². The second kappa shape index (κ2) is 6.03. The first-order valence-electron chi connectivity index (χ1n) is 5.32. The van der Waals surface area contributed by atoms with Gasteiger partial charge in [-0.3, -0.25) is 0 Å². The molecule has 0 spiro atoms. The van der Waals surface area contributed by atoms with Crippen LogP contribution >= 0.6 is 27.5 Å². The predicted molar refractivity (Wildman–Crippen MR) is 76.1 cm³/mol. The average Bonchev–Trinajstić information content (AvgIpc) is 2.35. The van der Waals surface area contributed by atoms with Crippen molar-refractivity contribution in [2.45, 2.75) is 6.42 Å². The van der Waals surface area contributed by atoms with E-state index in [1.807, 2.05) is 24.3 Å². The van der Waals surface area contributed by atoms with Crippen molar-refractivity contribution in [2.75, 3.05) is 11.2 Å². The van der Waals surface area contributed by atoms with Gasteiger partial charge in [0.05, 0.1) is 4.47 Å². The van der Waals surface area contributed by atoms with Gasteiger partial charge in [0.15, 0.2) is 0 Å². The number of alkyl halides is 1. The first kappa shape index (κ1) is 12.4. The molecule has 1 N–H and O–H groups in total. The van der Waals surface area contributed by atoms with Gasteiger partial charge in [-0.25, -0.2) is 4.98 Å². The fourth-order valence-electron chi connectivity index (χ4n) is 1.48. The molecule has 0 saturated heterocycles. The SMILES string of the molecule is ClCCc1ccc(Nc2ncccc2Br)cc1. The number of aryl methyl sites for hydroxylation is 1. The van der Waals surface area contributed by atoms with E-state index < -0.39 is 0 Å². The zero-order valence-electron chi connectivity index (χ0n) is 9.16. The van der Waals surface area contributed by atoms with Gasteiger partial charge in [-0.1, -0.05) is 12.1 Å². The van der Waals surface area contributed by atoms with Crippen LogP contribution < -0.4 is 5.32 Å². The highest BCUT2D eigenvalue weighted by molar-refractivity contribution is 9.10. The van der Waals surface area contributed by atoms with Crippen LogP contribution in [0.3, 0.4) is 0 Å². The van der Waals surface area contributed by atoms with Crippen LogP contribution in [-0.2, 0) is 6.42 Å². The molecule has 17 heavy (non-hydrogen) atoms. The van der Waals surface area contributed by atoms with Gasteiger partial charge >= 0.3 is 0 Å². The van der Waals surface area contributed by atoms with Crippen LogP contribution in [0.4, 0.5) is 11.5 Å². The molecular weight excluding hydrogens is 300 g/mol. The van der Waals surface area contributed by atoms with E-state index >= 15 is 0 Å². The first-order chi connectivity index (χ1) is 8.29. The molecule has 1 aromatic carbocycles. The smallest absolute Gasteiger partial charge is 0.144 e. The molecule has 0 fully saturated rings. The quantitative estimate of drug-likeness (QED) is 0.848. The van der Waals surface area contributed by atoms with E-state index in [2.05, 4.69) is 38.4 Å². The summed E-state index contributed by atoms with van der Waals surface area (Å²) in [6.07, 6.45) is 2.66. The molecule has 0 radical (unpaired) electrons. The fraction of sp³-hybridized carbons (Fsp3) is 0.154. The molecule has 0 amide bonds. The van der Waals surface area contributed by atoms with Gasteiger partial charge in [0.25, 0.3) is 0 Å². The first-order valence-corrected chi connectivity index (χ1v) is 6.65. The van der Waals surface area contributed by atoms with Gasteiger partial charge in [-0.05, 0) is 52.2 Å². The van der Waals surface area contributed by atoms with Crippen molar-refractivity contribution in [3.8, 4) is 0 Å². The van der Waals surface area contributed by atoms with Crippen LogP contribution in [0.5, 0.6) is 0 Å². The van der Waals surface area contributed by atoms with Crippen molar-refractivity contribution in [3.63, 3.8) is 0 Å². The van der Waals surface area contributed by atoms with Crippen LogP contribution in [0.1, 0.15) is 5.56 Å². The molecular formula is C13H12BrClN2. The van der Waals surface area contributed by atoms with Crippen molar-refractivity contribution >= 4 is 39.0 Å².